The van der Waals surface area contributed by atoms with Gasteiger partial charge >= 0.3 is 5.69 Å². The third-order valence-corrected chi connectivity index (χ3v) is 5.45. The number of hydrogen-bond acceptors (Lipinski definition) is 4. The van der Waals surface area contributed by atoms with Crippen LogP contribution in [0.3, 0.4) is 0 Å². The summed E-state index contributed by atoms with van der Waals surface area (Å²) in [6, 6.07) is 19.3. The van der Waals surface area contributed by atoms with Gasteiger partial charge in [-0.25, -0.2) is 4.79 Å². The molecule has 3 rings (SSSR count). The van der Waals surface area contributed by atoms with Gasteiger partial charge in [-0.2, -0.15) is 0 Å². The number of nitrogen functional groups attached to an aromatic ring is 1. The molecular formula is C24H29N4O3+. The zero-order valence-corrected chi connectivity index (χ0v) is 18.0. The van der Waals surface area contributed by atoms with E-state index in [0.717, 1.165) is 20.6 Å². The van der Waals surface area contributed by atoms with Crippen molar-refractivity contribution in [3.8, 4) is 0 Å². The van der Waals surface area contributed by atoms with E-state index >= 15 is 0 Å². The fraction of sp³-hybridized carbons (Fsp3) is 0.292. The minimum atomic E-state index is -0.616. The smallest absolute Gasteiger partial charge is 0.332 e. The van der Waals surface area contributed by atoms with Crippen LogP contribution in [-0.2, 0) is 19.6 Å². The lowest BCUT2D eigenvalue weighted by Gasteiger charge is -2.19. The zero-order chi connectivity index (χ0) is 22.4. The quantitative estimate of drug-likeness (QED) is 0.503. The van der Waals surface area contributed by atoms with Gasteiger partial charge in [-0.15, -0.1) is 0 Å². The Balaban J connectivity index is 1.97. The first-order chi connectivity index (χ1) is 15.0. The minimum absolute atomic E-state index is 0.0660. The maximum absolute atomic E-state index is 13.2. The molecule has 0 saturated carbocycles. The summed E-state index contributed by atoms with van der Waals surface area (Å²) < 4.78 is 2.39. The Bertz CT molecular complexity index is 1150. The van der Waals surface area contributed by atoms with Crippen molar-refractivity contribution >= 4 is 11.6 Å². The third kappa shape index (κ3) is 5.00. The summed E-state index contributed by atoms with van der Waals surface area (Å²) in [4.78, 5) is 40.0. The fourth-order valence-electron chi connectivity index (χ4n) is 3.69. The number of nitrogens with two attached hydrogens (primary N) is 1. The van der Waals surface area contributed by atoms with Gasteiger partial charge in [-0.1, -0.05) is 60.7 Å². The van der Waals surface area contributed by atoms with Gasteiger partial charge in [0.1, 0.15) is 24.5 Å². The van der Waals surface area contributed by atoms with Gasteiger partial charge < -0.3 is 10.6 Å². The molecule has 0 bridgehead atoms. The molecule has 0 aliphatic carbocycles. The molecule has 1 atom stereocenters. The summed E-state index contributed by atoms with van der Waals surface area (Å²) >= 11 is 0. The van der Waals surface area contributed by atoms with Crippen LogP contribution >= 0.6 is 0 Å². The number of anilines is 1. The summed E-state index contributed by atoms with van der Waals surface area (Å²) in [6.07, 6.45) is 0. The lowest BCUT2D eigenvalue weighted by atomic mass is 10.1. The molecule has 7 heteroatoms. The van der Waals surface area contributed by atoms with Crippen LogP contribution in [0, 0.1) is 0 Å². The average molecular weight is 422 g/mol. The van der Waals surface area contributed by atoms with Crippen molar-refractivity contribution < 1.29 is 9.69 Å². The van der Waals surface area contributed by atoms with Crippen LogP contribution in [0.15, 0.2) is 70.3 Å². The highest BCUT2D eigenvalue weighted by molar-refractivity contribution is 6.00. The van der Waals surface area contributed by atoms with Gasteiger partial charge in [0.15, 0.2) is 0 Å². The number of aromatic nitrogens is 2. The van der Waals surface area contributed by atoms with E-state index in [1.54, 1.807) is 6.92 Å². The Morgan fingerprint density at radius 2 is 1.48 bits per heavy atom. The number of hydrogen-bond donors (Lipinski definition) is 2. The number of quaternary nitrogens is 1. The maximum Gasteiger partial charge on any atom is 0.332 e. The molecule has 1 aromatic heterocycles. The van der Waals surface area contributed by atoms with E-state index in [2.05, 4.69) is 0 Å². The highest BCUT2D eigenvalue weighted by Gasteiger charge is 2.25. The van der Waals surface area contributed by atoms with Crippen LogP contribution in [-0.4, -0.2) is 28.0 Å². The zero-order valence-electron chi connectivity index (χ0n) is 18.0. The fourth-order valence-corrected chi connectivity index (χ4v) is 3.69. The topological polar surface area (TPSA) is 91.5 Å². The molecule has 3 aromatic rings. The third-order valence-electron chi connectivity index (χ3n) is 5.45. The van der Waals surface area contributed by atoms with Crippen molar-refractivity contribution in [3.05, 3.63) is 98.2 Å². The molecule has 0 fully saturated rings. The second kappa shape index (κ2) is 10.0. The van der Waals surface area contributed by atoms with Crippen LogP contribution < -0.4 is 21.9 Å². The van der Waals surface area contributed by atoms with E-state index in [4.69, 9.17) is 5.73 Å². The number of carbonyl (C=O) groups excluding carboxylic acids is 1. The SMILES string of the molecule is CCn1c(=O)c(C(=O)C[NH+](CC)Cc2ccccc2)c(N)n(Cc2ccccc2)c1=O. The first kappa shape index (κ1) is 22.2. The molecule has 1 heterocycles. The molecule has 7 nitrogen and oxygen atoms in total. The van der Waals surface area contributed by atoms with Crippen molar-refractivity contribution in [2.45, 2.75) is 33.5 Å². The monoisotopic (exact) mass is 421 g/mol. The second-order valence-corrected chi connectivity index (χ2v) is 7.53. The Morgan fingerprint density at radius 3 is 2.03 bits per heavy atom. The first-order valence-electron chi connectivity index (χ1n) is 10.5. The highest BCUT2D eigenvalue weighted by atomic mass is 16.2. The first-order valence-corrected chi connectivity index (χ1v) is 10.5. The number of likely N-dealkylation sites (N-methyl/N-ethyl adjacent to an activating group) is 1. The molecule has 0 amide bonds. The number of benzene rings is 2. The Morgan fingerprint density at radius 1 is 0.903 bits per heavy atom. The van der Waals surface area contributed by atoms with E-state index in [-0.39, 0.29) is 36.8 Å². The second-order valence-electron chi connectivity index (χ2n) is 7.53. The highest BCUT2D eigenvalue weighted by Crippen LogP contribution is 2.09. The van der Waals surface area contributed by atoms with Crippen LogP contribution in [0.4, 0.5) is 5.82 Å². The molecule has 31 heavy (non-hydrogen) atoms. The normalized spacial score (nSPS) is 11.9. The van der Waals surface area contributed by atoms with E-state index in [9.17, 15) is 14.4 Å². The maximum atomic E-state index is 13.2. The number of rotatable bonds is 9. The molecule has 0 spiro atoms. The molecule has 0 aliphatic rings. The molecule has 0 saturated heterocycles. The Labute approximate surface area is 181 Å². The van der Waals surface area contributed by atoms with E-state index in [1.165, 1.54) is 4.57 Å². The largest absolute Gasteiger partial charge is 0.384 e. The van der Waals surface area contributed by atoms with Crippen LogP contribution in [0.5, 0.6) is 0 Å². The van der Waals surface area contributed by atoms with E-state index in [1.807, 2.05) is 67.6 Å². The summed E-state index contributed by atoms with van der Waals surface area (Å²) in [6.45, 7) is 5.56. The van der Waals surface area contributed by atoms with Crippen molar-refractivity contribution in [2.24, 2.45) is 0 Å². The lowest BCUT2D eigenvalue weighted by Crippen LogP contribution is -3.11. The summed E-state index contributed by atoms with van der Waals surface area (Å²) in [5.74, 6) is -0.414. The van der Waals surface area contributed by atoms with Gasteiger partial charge in [0.25, 0.3) is 5.56 Å². The van der Waals surface area contributed by atoms with Gasteiger partial charge in [0.05, 0.1) is 13.1 Å². The number of carbonyl (C=O) groups is 1. The van der Waals surface area contributed by atoms with Crippen molar-refractivity contribution in [3.63, 3.8) is 0 Å². The number of ketones is 1. The molecule has 1 unspecified atom stereocenters. The van der Waals surface area contributed by atoms with Crippen LogP contribution in [0.1, 0.15) is 35.3 Å². The van der Waals surface area contributed by atoms with Crippen LogP contribution in [0.25, 0.3) is 0 Å². The summed E-state index contributed by atoms with van der Waals surface area (Å²) in [7, 11) is 0. The number of nitrogens with zero attached hydrogens (tertiary/aromatic N) is 2. The molecule has 2 aromatic carbocycles. The Kier molecular flexibility index (Phi) is 7.20. The van der Waals surface area contributed by atoms with Crippen molar-refractivity contribution in [1.82, 2.24) is 9.13 Å². The predicted molar refractivity (Wildman–Crippen MR) is 121 cm³/mol. The lowest BCUT2D eigenvalue weighted by molar-refractivity contribution is -0.903. The predicted octanol–water partition coefficient (Wildman–Crippen LogP) is 0.948. The standard InChI is InChI=1S/C24H28N4O3/c1-3-26(15-18-11-7-5-8-12-18)17-20(29)21-22(25)28(16-19-13-9-6-10-14-19)24(31)27(4-2)23(21)30/h5-14H,3-4,15-17,25H2,1-2H3/p+1. The van der Waals surface area contributed by atoms with Crippen molar-refractivity contribution in [2.75, 3.05) is 18.8 Å². The van der Waals surface area contributed by atoms with Gasteiger partial charge in [-0.05, 0) is 19.4 Å². The van der Waals surface area contributed by atoms with Gasteiger partial charge in [0.2, 0.25) is 5.78 Å². The van der Waals surface area contributed by atoms with E-state index in [0.29, 0.717) is 13.1 Å². The molecule has 0 aliphatic heterocycles. The molecular weight excluding hydrogens is 392 g/mol. The van der Waals surface area contributed by atoms with Gasteiger partial charge in [0, 0.05) is 12.1 Å². The van der Waals surface area contributed by atoms with Crippen LogP contribution in [0.2, 0.25) is 0 Å². The molecule has 162 valence electrons. The molecule has 3 N–H and O–H groups in total. The summed E-state index contributed by atoms with van der Waals surface area (Å²) in [5, 5.41) is 0. The number of Topliss-reactive ketones (excluding diaryl/α,β-unsaturated/α-hetero) is 1. The Hall–Kier alpha value is -3.45. The average Bonchev–Trinajstić information content (AvgIpc) is 2.78. The van der Waals surface area contributed by atoms with Crippen molar-refractivity contribution in [1.29, 1.82) is 0 Å². The number of nitrogens with one attached hydrogen (secondary N) is 1. The molecule has 0 radical (unpaired) electrons. The summed E-state index contributed by atoms with van der Waals surface area (Å²) in [5.41, 5.74) is 7.00. The van der Waals surface area contributed by atoms with E-state index < -0.39 is 11.2 Å². The van der Waals surface area contributed by atoms with Gasteiger partial charge in [-0.3, -0.25) is 18.7 Å². The minimum Gasteiger partial charge on any atom is -0.384 e.